The van der Waals surface area contributed by atoms with Crippen molar-refractivity contribution >= 4 is 22.6 Å². The second-order valence-corrected chi connectivity index (χ2v) is 9.80. The fraction of sp³-hybridized carbons (Fsp3) is 0.300. The summed E-state index contributed by atoms with van der Waals surface area (Å²) in [5.74, 6) is 0.219. The number of aryl methyl sites for hydroxylation is 1. The number of rotatable bonds is 5. The van der Waals surface area contributed by atoms with E-state index in [1.54, 1.807) is 22.8 Å². The maximum Gasteiger partial charge on any atom is 0.322 e. The van der Waals surface area contributed by atoms with Gasteiger partial charge in [0, 0.05) is 31.4 Å². The first kappa shape index (κ1) is 25.6. The van der Waals surface area contributed by atoms with Crippen molar-refractivity contribution in [3.8, 4) is 5.69 Å². The zero-order chi connectivity index (χ0) is 26.8. The number of carbonyl (C=O) groups is 1. The van der Waals surface area contributed by atoms with E-state index in [1.807, 2.05) is 61.2 Å². The van der Waals surface area contributed by atoms with Crippen molar-refractivity contribution < 1.29 is 9.18 Å². The van der Waals surface area contributed by atoms with Gasteiger partial charge in [-0.2, -0.15) is 0 Å². The Labute approximate surface area is 221 Å². The van der Waals surface area contributed by atoms with E-state index in [-0.39, 0.29) is 29.5 Å². The fourth-order valence-electron chi connectivity index (χ4n) is 5.09. The monoisotopic (exact) mass is 513 g/mol. The number of amides is 2. The highest BCUT2D eigenvalue weighted by molar-refractivity contribution is 5.89. The Morgan fingerprint density at radius 3 is 2.45 bits per heavy atom. The standard InChI is InChI=1S/C30H32FN5O2/c1-4-22-9-13-24(14-10-22)32-30(38)35-18-17-34(19-20(35)2)21(3)28-33-27-8-6-5-7-26(27)29(37)36(28)25-15-11-23(31)12-16-25/h5-16,20-21H,4,17-19H2,1-3H3,(H,32,38). The maximum atomic E-state index is 13.7. The average molecular weight is 514 g/mol. The van der Waals surface area contributed by atoms with Crippen molar-refractivity contribution in [2.45, 2.75) is 39.3 Å². The van der Waals surface area contributed by atoms with Crippen LogP contribution in [-0.4, -0.2) is 51.1 Å². The number of hydrogen-bond acceptors (Lipinski definition) is 4. The molecule has 4 aromatic rings. The Hall–Kier alpha value is -4.04. The summed E-state index contributed by atoms with van der Waals surface area (Å²) in [5.41, 5.74) is 3.00. The number of nitrogens with one attached hydrogen (secondary N) is 1. The van der Waals surface area contributed by atoms with Gasteiger partial charge < -0.3 is 10.2 Å². The van der Waals surface area contributed by atoms with Gasteiger partial charge in [0.15, 0.2) is 0 Å². The molecule has 2 amide bonds. The molecule has 2 unspecified atom stereocenters. The molecule has 0 aliphatic carbocycles. The van der Waals surface area contributed by atoms with Gasteiger partial charge in [-0.3, -0.25) is 14.3 Å². The van der Waals surface area contributed by atoms with Gasteiger partial charge in [-0.05, 0) is 74.4 Å². The first-order valence-corrected chi connectivity index (χ1v) is 13.0. The lowest BCUT2D eigenvalue weighted by atomic mass is 10.1. The molecule has 0 spiro atoms. The Morgan fingerprint density at radius 1 is 1.05 bits per heavy atom. The first-order valence-electron chi connectivity index (χ1n) is 13.0. The van der Waals surface area contributed by atoms with E-state index in [2.05, 4.69) is 17.1 Å². The topological polar surface area (TPSA) is 70.5 Å². The van der Waals surface area contributed by atoms with Crippen LogP contribution in [0.3, 0.4) is 0 Å². The van der Waals surface area contributed by atoms with Crippen molar-refractivity contribution in [1.29, 1.82) is 0 Å². The molecular weight excluding hydrogens is 481 g/mol. The highest BCUT2D eigenvalue weighted by Gasteiger charge is 2.32. The van der Waals surface area contributed by atoms with Crippen molar-refractivity contribution in [1.82, 2.24) is 19.4 Å². The van der Waals surface area contributed by atoms with Crippen LogP contribution in [0.5, 0.6) is 0 Å². The van der Waals surface area contributed by atoms with Crippen molar-refractivity contribution in [3.63, 3.8) is 0 Å². The molecule has 0 bridgehead atoms. The Kier molecular flexibility index (Phi) is 7.24. The number of hydrogen-bond donors (Lipinski definition) is 1. The van der Waals surface area contributed by atoms with Crippen LogP contribution < -0.4 is 10.9 Å². The number of nitrogens with zero attached hydrogens (tertiary/aromatic N) is 4. The molecule has 1 aliphatic heterocycles. The minimum atomic E-state index is -0.366. The summed E-state index contributed by atoms with van der Waals surface area (Å²) in [7, 11) is 0. The molecule has 8 heteroatoms. The molecule has 1 N–H and O–H groups in total. The zero-order valence-electron chi connectivity index (χ0n) is 21.9. The highest BCUT2D eigenvalue weighted by atomic mass is 19.1. The average Bonchev–Trinajstić information content (AvgIpc) is 2.93. The molecule has 5 rings (SSSR count). The minimum Gasteiger partial charge on any atom is -0.319 e. The summed E-state index contributed by atoms with van der Waals surface area (Å²) in [6.07, 6.45) is 0.951. The van der Waals surface area contributed by atoms with E-state index in [0.717, 1.165) is 12.1 Å². The van der Waals surface area contributed by atoms with Gasteiger partial charge in [0.05, 0.1) is 22.6 Å². The zero-order valence-corrected chi connectivity index (χ0v) is 21.9. The smallest absolute Gasteiger partial charge is 0.319 e. The molecule has 0 saturated carbocycles. The van der Waals surface area contributed by atoms with E-state index < -0.39 is 0 Å². The Morgan fingerprint density at radius 2 is 1.76 bits per heavy atom. The predicted molar refractivity (Wildman–Crippen MR) is 148 cm³/mol. The van der Waals surface area contributed by atoms with Crippen molar-refractivity contribution in [2.75, 3.05) is 25.0 Å². The number of urea groups is 1. The number of fused-ring (bicyclic) bond motifs is 1. The molecule has 1 saturated heterocycles. The van der Waals surface area contributed by atoms with Crippen molar-refractivity contribution in [2.24, 2.45) is 0 Å². The molecule has 3 aromatic carbocycles. The highest BCUT2D eigenvalue weighted by Crippen LogP contribution is 2.26. The number of aromatic nitrogens is 2. The van der Waals surface area contributed by atoms with E-state index in [9.17, 15) is 14.0 Å². The normalized spacial score (nSPS) is 16.9. The van der Waals surface area contributed by atoms with Gasteiger partial charge in [0.25, 0.3) is 5.56 Å². The number of carbonyl (C=O) groups excluding carboxylic acids is 1. The summed E-state index contributed by atoms with van der Waals surface area (Å²) < 4.78 is 15.3. The molecule has 1 fully saturated rings. The first-order chi connectivity index (χ1) is 18.4. The predicted octanol–water partition coefficient (Wildman–Crippen LogP) is 5.39. The molecule has 196 valence electrons. The maximum absolute atomic E-state index is 13.7. The number of piperazine rings is 1. The van der Waals surface area contributed by atoms with Crippen LogP contribution in [0.1, 0.15) is 38.2 Å². The number of para-hydroxylation sites is 1. The van der Waals surface area contributed by atoms with Crippen LogP contribution in [-0.2, 0) is 6.42 Å². The summed E-state index contributed by atoms with van der Waals surface area (Å²) in [5, 5.41) is 3.52. The Balaban J connectivity index is 1.39. The number of halogens is 1. The molecular formula is C30H32FN5O2. The van der Waals surface area contributed by atoms with Crippen LogP contribution in [0.4, 0.5) is 14.9 Å². The van der Waals surface area contributed by atoms with Gasteiger partial charge in [-0.25, -0.2) is 14.2 Å². The summed E-state index contributed by atoms with van der Waals surface area (Å²) in [4.78, 5) is 35.6. The third kappa shape index (κ3) is 5.04. The summed E-state index contributed by atoms with van der Waals surface area (Å²) in [6.45, 7) is 7.93. The molecule has 0 radical (unpaired) electrons. The van der Waals surface area contributed by atoms with E-state index in [4.69, 9.17) is 4.98 Å². The fourth-order valence-corrected chi connectivity index (χ4v) is 5.09. The minimum absolute atomic E-state index is 0.0486. The third-order valence-electron chi connectivity index (χ3n) is 7.34. The Bertz CT molecular complexity index is 1500. The van der Waals surface area contributed by atoms with Crippen molar-refractivity contribution in [3.05, 3.63) is 100 Å². The summed E-state index contributed by atoms with van der Waals surface area (Å²) >= 11 is 0. The molecule has 2 atom stereocenters. The number of anilines is 1. The SMILES string of the molecule is CCc1ccc(NC(=O)N2CCN(C(C)c3nc4ccccc4c(=O)n3-c3ccc(F)cc3)CC2C)cc1. The van der Waals surface area contributed by atoms with E-state index in [1.165, 1.54) is 17.7 Å². The lowest BCUT2D eigenvalue weighted by molar-refractivity contribution is 0.0801. The van der Waals surface area contributed by atoms with Gasteiger partial charge >= 0.3 is 6.03 Å². The van der Waals surface area contributed by atoms with Crippen LogP contribution in [0.2, 0.25) is 0 Å². The molecule has 1 aromatic heterocycles. The van der Waals surface area contributed by atoms with Gasteiger partial charge in [-0.15, -0.1) is 0 Å². The largest absolute Gasteiger partial charge is 0.322 e. The van der Waals surface area contributed by atoms with E-state index in [0.29, 0.717) is 42.0 Å². The lowest BCUT2D eigenvalue weighted by Crippen LogP contribution is -2.55. The quantitative estimate of drug-likeness (QED) is 0.389. The van der Waals surface area contributed by atoms with Crippen LogP contribution in [0.25, 0.3) is 16.6 Å². The van der Waals surface area contributed by atoms with Crippen LogP contribution >= 0.6 is 0 Å². The molecule has 2 heterocycles. The second-order valence-electron chi connectivity index (χ2n) is 9.80. The third-order valence-corrected chi connectivity index (χ3v) is 7.34. The lowest BCUT2D eigenvalue weighted by Gasteiger charge is -2.42. The molecule has 7 nitrogen and oxygen atoms in total. The number of benzene rings is 3. The van der Waals surface area contributed by atoms with Gasteiger partial charge in [0.1, 0.15) is 11.6 Å². The van der Waals surface area contributed by atoms with Crippen LogP contribution in [0, 0.1) is 5.82 Å². The second kappa shape index (κ2) is 10.8. The van der Waals surface area contributed by atoms with Crippen LogP contribution in [0.15, 0.2) is 77.6 Å². The van der Waals surface area contributed by atoms with Gasteiger partial charge in [0.2, 0.25) is 0 Å². The van der Waals surface area contributed by atoms with Gasteiger partial charge in [-0.1, -0.05) is 31.2 Å². The molecule has 1 aliphatic rings. The summed E-state index contributed by atoms with van der Waals surface area (Å²) in [6, 6.07) is 20.7. The molecule has 38 heavy (non-hydrogen) atoms. The van der Waals surface area contributed by atoms with E-state index >= 15 is 0 Å².